The second-order valence-electron chi connectivity index (χ2n) is 6.72. The predicted octanol–water partition coefficient (Wildman–Crippen LogP) is 2.76. The number of hydrogen-bond donors (Lipinski definition) is 0. The monoisotopic (exact) mass is 342 g/mol. The van der Waals surface area contributed by atoms with Crippen LogP contribution in [0.25, 0.3) is 0 Å². The van der Waals surface area contributed by atoms with Gasteiger partial charge in [-0.3, -0.25) is 4.79 Å². The highest BCUT2D eigenvalue weighted by molar-refractivity contribution is 5.93. The Morgan fingerprint density at radius 2 is 2.36 bits per heavy atom. The molecule has 0 unspecified atom stereocenters. The third-order valence-corrected chi connectivity index (χ3v) is 5.23. The van der Waals surface area contributed by atoms with Crippen molar-refractivity contribution in [3.63, 3.8) is 0 Å². The highest BCUT2D eigenvalue weighted by atomic mass is 16.5. The first-order chi connectivity index (χ1) is 12.3. The number of ether oxygens (including phenoxy) is 2. The van der Waals surface area contributed by atoms with Crippen LogP contribution in [0.15, 0.2) is 47.4 Å². The van der Waals surface area contributed by atoms with E-state index in [1.54, 1.807) is 12.3 Å². The van der Waals surface area contributed by atoms with E-state index in [2.05, 4.69) is 4.98 Å². The maximum absolute atomic E-state index is 12.7. The lowest BCUT2D eigenvalue weighted by Gasteiger charge is -2.43. The Labute approximate surface area is 146 Å². The number of amides is 1. The van der Waals surface area contributed by atoms with E-state index in [9.17, 15) is 4.79 Å². The fraction of sp³-hybridized carbons (Fsp3) is 0.474. The minimum absolute atomic E-state index is 0.00715. The van der Waals surface area contributed by atoms with Crippen molar-refractivity contribution in [2.24, 2.45) is 5.92 Å². The van der Waals surface area contributed by atoms with Gasteiger partial charge in [0.25, 0.3) is 5.91 Å². The van der Waals surface area contributed by atoms with E-state index in [1.807, 2.05) is 23.1 Å². The molecule has 1 saturated carbocycles. The van der Waals surface area contributed by atoms with Gasteiger partial charge in [0, 0.05) is 24.7 Å². The molecule has 2 atom stereocenters. The van der Waals surface area contributed by atoms with Gasteiger partial charge >= 0.3 is 0 Å². The first kappa shape index (κ1) is 16.1. The van der Waals surface area contributed by atoms with E-state index in [0.29, 0.717) is 37.7 Å². The number of morpholine rings is 1. The Morgan fingerprint density at radius 3 is 3.16 bits per heavy atom. The average Bonchev–Trinajstić information content (AvgIpc) is 3.31. The summed E-state index contributed by atoms with van der Waals surface area (Å²) in [5.41, 5.74) is 0.281. The maximum Gasteiger partial charge on any atom is 0.257 e. The van der Waals surface area contributed by atoms with Crippen LogP contribution in [0.3, 0.4) is 0 Å². The molecule has 4 rings (SSSR count). The first-order valence-electron chi connectivity index (χ1n) is 8.76. The van der Waals surface area contributed by atoms with Crippen LogP contribution >= 0.6 is 0 Å². The second-order valence-corrected chi connectivity index (χ2v) is 6.72. The van der Waals surface area contributed by atoms with E-state index in [1.165, 1.54) is 12.5 Å². The number of hydrogen-bond acceptors (Lipinski definition) is 5. The summed E-state index contributed by atoms with van der Waals surface area (Å²) in [4.78, 5) is 18.8. The summed E-state index contributed by atoms with van der Waals surface area (Å²) < 4.78 is 17.1. The molecule has 1 spiro atoms. The van der Waals surface area contributed by atoms with E-state index >= 15 is 0 Å². The Morgan fingerprint density at radius 1 is 1.40 bits per heavy atom. The highest BCUT2D eigenvalue weighted by Crippen LogP contribution is 2.41. The largest absolute Gasteiger partial charge is 0.477 e. The van der Waals surface area contributed by atoms with Gasteiger partial charge in [-0.2, -0.15) is 0 Å². The molecule has 2 aromatic heterocycles. The zero-order chi connectivity index (χ0) is 17.1. The van der Waals surface area contributed by atoms with Crippen molar-refractivity contribution < 1.29 is 18.7 Å². The first-order valence-corrected chi connectivity index (χ1v) is 8.76. The molecule has 1 amide bonds. The number of pyridine rings is 1. The molecule has 0 N–H and O–H groups in total. The molecule has 0 aromatic carbocycles. The number of carbonyl (C=O) groups excluding carboxylic acids is 1. The smallest absolute Gasteiger partial charge is 0.257 e. The van der Waals surface area contributed by atoms with E-state index in [-0.39, 0.29) is 17.4 Å². The van der Waals surface area contributed by atoms with Crippen molar-refractivity contribution in [2.45, 2.75) is 24.9 Å². The molecular weight excluding hydrogens is 320 g/mol. The summed E-state index contributed by atoms with van der Waals surface area (Å²) in [6.45, 7) is 2.33. The number of nitrogens with zero attached hydrogens (tertiary/aromatic N) is 2. The number of furan rings is 1. The summed E-state index contributed by atoms with van der Waals surface area (Å²) >= 11 is 0. The van der Waals surface area contributed by atoms with E-state index < -0.39 is 0 Å². The third-order valence-electron chi connectivity index (χ3n) is 5.23. The number of rotatable bonds is 4. The number of carbonyl (C=O) groups is 1. The van der Waals surface area contributed by atoms with Crippen LogP contribution in [0.4, 0.5) is 0 Å². The molecule has 2 aliphatic rings. The molecule has 6 heteroatoms. The molecule has 1 aliphatic heterocycles. The van der Waals surface area contributed by atoms with Gasteiger partial charge in [0.15, 0.2) is 0 Å². The molecule has 1 saturated heterocycles. The standard InChI is InChI=1S/C19H22N2O4/c22-18(15-6-10-23-12-15)21-9-11-25-19(14-21)7-3-4-16(19)13-24-17-5-1-2-8-20-17/h1-2,5-6,8,10,12,16H,3-4,7,9,11,13-14H2/t16-,19+/m0/s1. The predicted molar refractivity (Wildman–Crippen MR) is 90.4 cm³/mol. The maximum atomic E-state index is 12.7. The second kappa shape index (κ2) is 6.88. The third kappa shape index (κ3) is 3.26. The van der Waals surface area contributed by atoms with Gasteiger partial charge in [-0.05, 0) is 31.4 Å². The normalized spacial score (nSPS) is 26.1. The molecule has 0 bridgehead atoms. The van der Waals surface area contributed by atoms with Gasteiger partial charge in [0.1, 0.15) is 6.26 Å². The van der Waals surface area contributed by atoms with Crippen LogP contribution in [0, 0.1) is 5.92 Å². The lowest BCUT2D eigenvalue weighted by atomic mass is 9.89. The quantitative estimate of drug-likeness (QED) is 0.855. The summed E-state index contributed by atoms with van der Waals surface area (Å²) in [5.74, 6) is 0.897. The molecule has 2 fully saturated rings. The van der Waals surface area contributed by atoms with Gasteiger partial charge in [-0.25, -0.2) is 4.98 Å². The van der Waals surface area contributed by atoms with E-state index in [0.717, 1.165) is 19.3 Å². The fourth-order valence-corrected chi connectivity index (χ4v) is 3.92. The van der Waals surface area contributed by atoms with Gasteiger partial charge in [-0.15, -0.1) is 0 Å². The SMILES string of the molecule is O=C(c1ccoc1)N1CCO[C@]2(CCC[C@H]2COc2ccccn2)C1. The Kier molecular flexibility index (Phi) is 4.44. The minimum atomic E-state index is -0.313. The molecular formula is C19H22N2O4. The van der Waals surface area contributed by atoms with Crippen LogP contribution in [-0.4, -0.2) is 47.7 Å². The zero-order valence-corrected chi connectivity index (χ0v) is 14.1. The Balaban J connectivity index is 1.44. The Hall–Kier alpha value is -2.34. The lowest BCUT2D eigenvalue weighted by Crippen LogP contribution is -2.56. The molecule has 25 heavy (non-hydrogen) atoms. The highest BCUT2D eigenvalue weighted by Gasteiger charge is 2.48. The van der Waals surface area contributed by atoms with E-state index in [4.69, 9.17) is 13.9 Å². The summed E-state index contributed by atoms with van der Waals surface area (Å²) in [6.07, 6.45) is 7.84. The van der Waals surface area contributed by atoms with Crippen LogP contribution < -0.4 is 4.74 Å². The van der Waals surface area contributed by atoms with Crippen molar-refractivity contribution in [3.8, 4) is 5.88 Å². The van der Waals surface area contributed by atoms with Gasteiger partial charge in [-0.1, -0.05) is 6.07 Å². The number of aromatic nitrogens is 1. The molecule has 1 aliphatic carbocycles. The van der Waals surface area contributed by atoms with Crippen LogP contribution in [-0.2, 0) is 4.74 Å². The molecule has 2 aromatic rings. The van der Waals surface area contributed by atoms with Crippen molar-refractivity contribution in [1.29, 1.82) is 0 Å². The van der Waals surface area contributed by atoms with Gasteiger partial charge in [0.2, 0.25) is 5.88 Å². The molecule has 6 nitrogen and oxygen atoms in total. The van der Waals surface area contributed by atoms with Crippen LogP contribution in [0.2, 0.25) is 0 Å². The zero-order valence-electron chi connectivity index (χ0n) is 14.1. The van der Waals surface area contributed by atoms with Gasteiger partial charge < -0.3 is 18.8 Å². The summed E-state index contributed by atoms with van der Waals surface area (Å²) in [7, 11) is 0. The molecule has 0 radical (unpaired) electrons. The summed E-state index contributed by atoms with van der Waals surface area (Å²) in [6, 6.07) is 7.35. The van der Waals surface area contributed by atoms with Crippen molar-refractivity contribution >= 4 is 5.91 Å². The fourth-order valence-electron chi connectivity index (χ4n) is 3.92. The van der Waals surface area contributed by atoms with Gasteiger partial charge in [0.05, 0.1) is 37.2 Å². The van der Waals surface area contributed by atoms with Crippen molar-refractivity contribution in [1.82, 2.24) is 9.88 Å². The van der Waals surface area contributed by atoms with Crippen molar-refractivity contribution in [3.05, 3.63) is 48.6 Å². The Bertz CT molecular complexity index is 703. The van der Waals surface area contributed by atoms with Crippen LogP contribution in [0.1, 0.15) is 29.6 Å². The lowest BCUT2D eigenvalue weighted by molar-refractivity contribution is -0.127. The minimum Gasteiger partial charge on any atom is -0.477 e. The molecule has 3 heterocycles. The summed E-state index contributed by atoms with van der Waals surface area (Å²) in [5, 5.41) is 0. The van der Waals surface area contributed by atoms with Crippen LogP contribution in [0.5, 0.6) is 5.88 Å². The topological polar surface area (TPSA) is 64.8 Å². The molecule has 132 valence electrons. The van der Waals surface area contributed by atoms with Crippen molar-refractivity contribution in [2.75, 3.05) is 26.3 Å². The average molecular weight is 342 g/mol.